The van der Waals surface area contributed by atoms with Crippen LogP contribution in [0.4, 0.5) is 13.2 Å². The third-order valence-corrected chi connectivity index (χ3v) is 4.40. The van der Waals surface area contributed by atoms with Gasteiger partial charge in [-0.25, -0.2) is 0 Å². The number of thiophene rings is 1. The average molecular weight is 236 g/mol. The first kappa shape index (κ1) is 11.0. The average Bonchev–Trinajstić information content (AvgIpc) is 2.51. The van der Waals surface area contributed by atoms with Gasteiger partial charge in [-0.15, -0.1) is 11.3 Å². The Kier molecular flexibility index (Phi) is 2.55. The summed E-state index contributed by atoms with van der Waals surface area (Å²) in [5.41, 5.74) is -0.381. The van der Waals surface area contributed by atoms with Crippen LogP contribution in [0.2, 0.25) is 0 Å². The van der Waals surface area contributed by atoms with Crippen LogP contribution in [0.15, 0.2) is 12.1 Å². The van der Waals surface area contributed by atoms with Gasteiger partial charge in [0.25, 0.3) is 0 Å². The van der Waals surface area contributed by atoms with Crippen LogP contribution >= 0.6 is 11.3 Å². The first-order chi connectivity index (χ1) is 6.98. The molecule has 0 unspecified atom stereocenters. The molecule has 5 heteroatoms. The summed E-state index contributed by atoms with van der Waals surface area (Å²) < 4.78 is 37.1. The van der Waals surface area contributed by atoms with Gasteiger partial charge in [-0.2, -0.15) is 13.2 Å². The Morgan fingerprint density at radius 2 is 2.00 bits per heavy atom. The van der Waals surface area contributed by atoms with E-state index in [0.717, 1.165) is 36.7 Å². The van der Waals surface area contributed by atoms with Crippen LogP contribution in [0.3, 0.4) is 0 Å². The third kappa shape index (κ3) is 1.78. The van der Waals surface area contributed by atoms with Crippen LogP contribution in [0.5, 0.6) is 0 Å². The predicted octanol–water partition coefficient (Wildman–Crippen LogP) is 3.18. The van der Waals surface area contributed by atoms with Crippen LogP contribution in [0.25, 0.3) is 0 Å². The van der Waals surface area contributed by atoms with Crippen molar-refractivity contribution >= 4 is 11.3 Å². The summed E-state index contributed by atoms with van der Waals surface area (Å²) in [5, 5.41) is 9.23. The fraction of sp³-hybridized carbons (Fsp3) is 0.600. The number of rotatable bonds is 2. The molecule has 1 fully saturated rings. The highest BCUT2D eigenvalue weighted by molar-refractivity contribution is 7.12. The molecule has 1 aromatic rings. The molecule has 2 rings (SSSR count). The molecule has 1 aliphatic rings. The predicted molar refractivity (Wildman–Crippen MR) is 51.9 cm³/mol. The number of aliphatic hydroxyl groups is 1. The highest BCUT2D eigenvalue weighted by Gasteiger charge is 2.41. The van der Waals surface area contributed by atoms with Crippen LogP contribution in [-0.2, 0) is 11.6 Å². The summed E-state index contributed by atoms with van der Waals surface area (Å²) in [6, 6.07) is 2.61. The smallest absolute Gasteiger partial charge is 0.395 e. The topological polar surface area (TPSA) is 20.2 Å². The zero-order valence-corrected chi connectivity index (χ0v) is 8.79. The van der Waals surface area contributed by atoms with Gasteiger partial charge in [0.15, 0.2) is 0 Å². The fourth-order valence-corrected chi connectivity index (χ4v) is 2.97. The van der Waals surface area contributed by atoms with Gasteiger partial charge >= 0.3 is 6.18 Å². The second-order valence-corrected chi connectivity index (χ2v) is 5.04. The molecule has 1 aromatic heterocycles. The molecule has 0 amide bonds. The maximum absolute atomic E-state index is 12.4. The van der Waals surface area contributed by atoms with E-state index in [-0.39, 0.29) is 12.0 Å². The first-order valence-corrected chi connectivity index (χ1v) is 5.58. The van der Waals surface area contributed by atoms with Crippen molar-refractivity contribution in [3.05, 3.63) is 21.9 Å². The molecular formula is C10H11F3OS. The minimum atomic E-state index is -4.26. The lowest BCUT2D eigenvalue weighted by molar-refractivity contribution is -0.134. The molecule has 1 nitrogen and oxygen atoms in total. The van der Waals surface area contributed by atoms with Crippen molar-refractivity contribution in [3.63, 3.8) is 0 Å². The van der Waals surface area contributed by atoms with E-state index in [9.17, 15) is 18.3 Å². The highest BCUT2D eigenvalue weighted by atomic mass is 32.1. The van der Waals surface area contributed by atoms with Crippen molar-refractivity contribution in [1.29, 1.82) is 0 Å². The van der Waals surface area contributed by atoms with Crippen molar-refractivity contribution in [3.8, 4) is 0 Å². The van der Waals surface area contributed by atoms with Gasteiger partial charge in [-0.05, 0) is 25.0 Å². The highest BCUT2D eigenvalue weighted by Crippen LogP contribution is 2.47. The summed E-state index contributed by atoms with van der Waals surface area (Å²) >= 11 is 0.762. The lowest BCUT2D eigenvalue weighted by atomic mass is 9.68. The molecule has 84 valence electrons. The molecule has 15 heavy (non-hydrogen) atoms. The SMILES string of the molecule is OCC1(c2ccc(C(F)(F)F)s2)CCC1. The van der Waals surface area contributed by atoms with Gasteiger partial charge in [0.1, 0.15) is 4.88 Å². The van der Waals surface area contributed by atoms with E-state index in [0.29, 0.717) is 4.88 Å². The number of hydrogen-bond donors (Lipinski definition) is 1. The summed E-state index contributed by atoms with van der Waals surface area (Å²) in [7, 11) is 0. The van der Waals surface area contributed by atoms with E-state index in [1.807, 2.05) is 0 Å². The molecule has 0 aliphatic heterocycles. The summed E-state index contributed by atoms with van der Waals surface area (Å²) in [5.74, 6) is 0. The van der Waals surface area contributed by atoms with Crippen molar-refractivity contribution in [2.24, 2.45) is 0 Å². The van der Waals surface area contributed by atoms with Gasteiger partial charge in [-0.1, -0.05) is 6.42 Å². The fourth-order valence-electron chi connectivity index (χ4n) is 1.86. The normalized spacial score (nSPS) is 20.0. The quantitative estimate of drug-likeness (QED) is 0.836. The first-order valence-electron chi connectivity index (χ1n) is 4.76. The molecule has 1 heterocycles. The molecule has 1 aliphatic carbocycles. The van der Waals surface area contributed by atoms with Gasteiger partial charge in [0.2, 0.25) is 0 Å². The van der Waals surface area contributed by atoms with Gasteiger partial charge in [-0.3, -0.25) is 0 Å². The number of aliphatic hydroxyl groups excluding tert-OH is 1. The lowest BCUT2D eigenvalue weighted by Gasteiger charge is -2.39. The Labute approximate surface area is 89.5 Å². The Morgan fingerprint density at radius 3 is 2.33 bits per heavy atom. The lowest BCUT2D eigenvalue weighted by Crippen LogP contribution is -2.36. The van der Waals surface area contributed by atoms with E-state index in [2.05, 4.69) is 0 Å². The molecular weight excluding hydrogens is 225 g/mol. The van der Waals surface area contributed by atoms with Gasteiger partial charge < -0.3 is 5.11 Å². The molecule has 0 spiro atoms. The van der Waals surface area contributed by atoms with Crippen molar-refractivity contribution in [2.45, 2.75) is 30.9 Å². The van der Waals surface area contributed by atoms with Crippen LogP contribution in [0, 0.1) is 0 Å². The molecule has 0 aromatic carbocycles. The molecule has 0 atom stereocenters. The van der Waals surface area contributed by atoms with E-state index in [4.69, 9.17) is 0 Å². The molecule has 0 saturated heterocycles. The Morgan fingerprint density at radius 1 is 1.33 bits per heavy atom. The molecule has 1 N–H and O–H groups in total. The monoisotopic (exact) mass is 236 g/mol. The van der Waals surface area contributed by atoms with E-state index in [1.165, 1.54) is 6.07 Å². The van der Waals surface area contributed by atoms with Gasteiger partial charge in [0, 0.05) is 10.3 Å². The summed E-state index contributed by atoms with van der Waals surface area (Å²) in [6.07, 6.45) is -1.69. The Hall–Kier alpha value is -0.550. The minimum absolute atomic E-state index is 0.0508. The second kappa shape index (κ2) is 3.49. The number of alkyl halides is 3. The second-order valence-electron chi connectivity index (χ2n) is 3.95. The summed E-state index contributed by atoms with van der Waals surface area (Å²) in [6.45, 7) is -0.0508. The van der Waals surface area contributed by atoms with E-state index < -0.39 is 11.1 Å². The standard InChI is InChI=1S/C10H11F3OS/c11-10(12,13)8-3-2-7(15-8)9(6-14)4-1-5-9/h2-3,14H,1,4-6H2. The third-order valence-electron chi connectivity index (χ3n) is 3.02. The van der Waals surface area contributed by atoms with Crippen LogP contribution in [-0.4, -0.2) is 11.7 Å². The molecule has 0 radical (unpaired) electrons. The number of halogens is 3. The zero-order chi connectivity index (χ0) is 11.1. The van der Waals surface area contributed by atoms with Crippen molar-refractivity contribution in [2.75, 3.05) is 6.61 Å². The Balaban J connectivity index is 2.27. The molecule has 1 saturated carbocycles. The zero-order valence-electron chi connectivity index (χ0n) is 7.97. The maximum atomic E-state index is 12.4. The number of hydrogen-bond acceptors (Lipinski definition) is 2. The summed E-state index contributed by atoms with van der Waals surface area (Å²) in [4.78, 5) is 0.0980. The minimum Gasteiger partial charge on any atom is -0.395 e. The van der Waals surface area contributed by atoms with Crippen molar-refractivity contribution < 1.29 is 18.3 Å². The van der Waals surface area contributed by atoms with Crippen LogP contribution < -0.4 is 0 Å². The van der Waals surface area contributed by atoms with E-state index >= 15 is 0 Å². The largest absolute Gasteiger partial charge is 0.425 e. The Bertz CT molecular complexity index is 346. The van der Waals surface area contributed by atoms with Crippen LogP contribution in [0.1, 0.15) is 29.0 Å². The maximum Gasteiger partial charge on any atom is 0.425 e. The van der Waals surface area contributed by atoms with E-state index in [1.54, 1.807) is 0 Å². The molecule has 0 bridgehead atoms. The van der Waals surface area contributed by atoms with Gasteiger partial charge in [0.05, 0.1) is 6.61 Å². The van der Waals surface area contributed by atoms with Crippen molar-refractivity contribution in [1.82, 2.24) is 0 Å².